The van der Waals surface area contributed by atoms with E-state index in [4.69, 9.17) is 21.6 Å². The molecule has 0 aliphatic carbocycles. The molecular formula is C25H15ClN2O2. The highest BCUT2D eigenvalue weighted by Gasteiger charge is 2.15. The lowest BCUT2D eigenvalue weighted by atomic mass is 10.0. The number of hydrogen-bond acceptors (Lipinski definition) is 4. The monoisotopic (exact) mass is 410 g/mol. The standard InChI is InChI=1S/C25H15ClN2O2/c26-25(29)22-13-14-23(19-6-4-5-17(15-19)16-27)28-24(22)18-9-11-21(12-10-18)30-20-7-2-1-3-8-20/h1-15H. The van der Waals surface area contributed by atoms with Crippen LogP contribution in [0.1, 0.15) is 15.9 Å². The van der Waals surface area contributed by atoms with Gasteiger partial charge in [0.2, 0.25) is 0 Å². The van der Waals surface area contributed by atoms with Gasteiger partial charge < -0.3 is 4.74 Å². The van der Waals surface area contributed by atoms with Gasteiger partial charge in [0.25, 0.3) is 5.24 Å². The average Bonchev–Trinajstić information content (AvgIpc) is 2.80. The molecule has 0 bridgehead atoms. The van der Waals surface area contributed by atoms with Crippen molar-refractivity contribution in [2.45, 2.75) is 0 Å². The van der Waals surface area contributed by atoms with E-state index in [2.05, 4.69) is 11.1 Å². The first kappa shape index (κ1) is 19.4. The van der Waals surface area contributed by atoms with Crippen LogP contribution in [0.15, 0.2) is 91.0 Å². The van der Waals surface area contributed by atoms with E-state index < -0.39 is 5.24 Å². The molecule has 0 saturated heterocycles. The van der Waals surface area contributed by atoms with E-state index >= 15 is 0 Å². The molecule has 4 rings (SSSR count). The number of nitrogens with zero attached hydrogens (tertiary/aromatic N) is 2. The Bertz CT molecular complexity index is 1250. The van der Waals surface area contributed by atoms with E-state index in [1.807, 2.05) is 60.7 Å². The number of ether oxygens (including phenoxy) is 1. The Balaban J connectivity index is 1.71. The van der Waals surface area contributed by atoms with E-state index in [1.54, 1.807) is 30.3 Å². The quantitative estimate of drug-likeness (QED) is 0.354. The number of benzene rings is 3. The van der Waals surface area contributed by atoms with E-state index in [9.17, 15) is 4.79 Å². The lowest BCUT2D eigenvalue weighted by Crippen LogP contribution is -1.99. The summed E-state index contributed by atoms with van der Waals surface area (Å²) in [5.41, 5.74) is 3.49. The molecule has 0 atom stereocenters. The Hall–Kier alpha value is -3.94. The van der Waals surface area contributed by atoms with Gasteiger partial charge in [0.15, 0.2) is 0 Å². The first-order valence-electron chi connectivity index (χ1n) is 9.19. The van der Waals surface area contributed by atoms with Crippen LogP contribution >= 0.6 is 11.6 Å². The fraction of sp³-hybridized carbons (Fsp3) is 0. The number of pyridine rings is 1. The fourth-order valence-corrected chi connectivity index (χ4v) is 3.20. The minimum Gasteiger partial charge on any atom is -0.457 e. The predicted molar refractivity (Wildman–Crippen MR) is 117 cm³/mol. The maximum atomic E-state index is 12.0. The summed E-state index contributed by atoms with van der Waals surface area (Å²) >= 11 is 5.80. The molecule has 0 fully saturated rings. The summed E-state index contributed by atoms with van der Waals surface area (Å²) in [6, 6.07) is 29.4. The van der Waals surface area contributed by atoms with Gasteiger partial charge >= 0.3 is 0 Å². The normalized spacial score (nSPS) is 10.3. The second-order valence-corrected chi connectivity index (χ2v) is 6.84. The zero-order valence-electron chi connectivity index (χ0n) is 15.7. The summed E-state index contributed by atoms with van der Waals surface area (Å²) in [4.78, 5) is 16.6. The summed E-state index contributed by atoms with van der Waals surface area (Å²) < 4.78 is 5.82. The molecule has 0 radical (unpaired) electrons. The Morgan fingerprint density at radius 3 is 2.27 bits per heavy atom. The van der Waals surface area contributed by atoms with Gasteiger partial charge in [-0.3, -0.25) is 4.79 Å². The van der Waals surface area contributed by atoms with E-state index in [-0.39, 0.29) is 0 Å². The summed E-state index contributed by atoms with van der Waals surface area (Å²) in [5.74, 6) is 1.40. The van der Waals surface area contributed by atoms with E-state index in [0.29, 0.717) is 28.3 Å². The molecule has 1 aromatic heterocycles. The van der Waals surface area contributed by atoms with Gasteiger partial charge in [-0.25, -0.2) is 4.98 Å². The van der Waals surface area contributed by atoms with Crippen LogP contribution in [0, 0.1) is 11.3 Å². The van der Waals surface area contributed by atoms with Crippen molar-refractivity contribution in [3.63, 3.8) is 0 Å². The van der Waals surface area contributed by atoms with Gasteiger partial charge in [-0.2, -0.15) is 5.26 Å². The second-order valence-electron chi connectivity index (χ2n) is 6.50. The van der Waals surface area contributed by atoms with Crippen molar-refractivity contribution in [1.29, 1.82) is 5.26 Å². The number of carbonyl (C=O) groups excluding carboxylic acids is 1. The molecule has 0 unspecified atom stereocenters. The van der Waals surface area contributed by atoms with Crippen molar-refractivity contribution in [3.05, 3.63) is 102 Å². The third kappa shape index (κ3) is 4.22. The van der Waals surface area contributed by atoms with Crippen LogP contribution < -0.4 is 4.74 Å². The minimum absolute atomic E-state index is 0.314. The molecule has 0 aliphatic rings. The molecule has 4 aromatic rings. The Morgan fingerprint density at radius 1 is 0.833 bits per heavy atom. The molecule has 0 aliphatic heterocycles. The molecule has 144 valence electrons. The van der Waals surface area contributed by atoms with Crippen molar-refractivity contribution >= 4 is 16.8 Å². The Kier molecular flexibility index (Phi) is 5.56. The van der Waals surface area contributed by atoms with Crippen molar-refractivity contribution < 1.29 is 9.53 Å². The maximum absolute atomic E-state index is 12.0. The van der Waals surface area contributed by atoms with Crippen molar-refractivity contribution in [3.8, 4) is 40.1 Å². The predicted octanol–water partition coefficient (Wildman–Crippen LogP) is 6.46. The minimum atomic E-state index is -0.584. The number of aromatic nitrogens is 1. The van der Waals surface area contributed by atoms with Gasteiger partial charge in [0, 0.05) is 11.1 Å². The average molecular weight is 411 g/mol. The van der Waals surface area contributed by atoms with Crippen LogP contribution in [0.25, 0.3) is 22.5 Å². The van der Waals surface area contributed by atoms with Gasteiger partial charge in [-0.15, -0.1) is 0 Å². The van der Waals surface area contributed by atoms with Gasteiger partial charge in [-0.1, -0.05) is 30.3 Å². The highest BCUT2D eigenvalue weighted by atomic mass is 35.5. The molecule has 30 heavy (non-hydrogen) atoms. The first-order valence-corrected chi connectivity index (χ1v) is 9.56. The number of halogens is 1. The van der Waals surface area contributed by atoms with Gasteiger partial charge in [0.05, 0.1) is 28.6 Å². The third-order valence-corrected chi connectivity index (χ3v) is 4.70. The van der Waals surface area contributed by atoms with Crippen LogP contribution in [0.3, 0.4) is 0 Å². The van der Waals surface area contributed by atoms with Crippen LogP contribution in [0.5, 0.6) is 11.5 Å². The molecular weight excluding hydrogens is 396 g/mol. The zero-order valence-corrected chi connectivity index (χ0v) is 16.5. The number of nitriles is 1. The van der Waals surface area contributed by atoms with Crippen LogP contribution in [-0.4, -0.2) is 10.2 Å². The third-order valence-electron chi connectivity index (χ3n) is 4.50. The molecule has 0 spiro atoms. The zero-order chi connectivity index (χ0) is 20.9. The largest absolute Gasteiger partial charge is 0.457 e. The summed E-state index contributed by atoms with van der Waals surface area (Å²) in [7, 11) is 0. The Morgan fingerprint density at radius 2 is 1.57 bits per heavy atom. The Labute approximate surface area is 179 Å². The van der Waals surface area contributed by atoms with Gasteiger partial charge in [-0.05, 0) is 72.3 Å². The maximum Gasteiger partial charge on any atom is 0.254 e. The first-order chi connectivity index (χ1) is 14.6. The molecule has 0 saturated carbocycles. The smallest absolute Gasteiger partial charge is 0.254 e. The summed E-state index contributed by atoms with van der Waals surface area (Å²) in [6.45, 7) is 0. The van der Waals surface area contributed by atoms with Crippen molar-refractivity contribution in [2.24, 2.45) is 0 Å². The second kappa shape index (κ2) is 8.60. The summed E-state index contributed by atoms with van der Waals surface area (Å²) in [6.07, 6.45) is 0. The van der Waals surface area contributed by atoms with Crippen LogP contribution in [0.2, 0.25) is 0 Å². The fourth-order valence-electron chi connectivity index (χ4n) is 3.05. The molecule has 0 N–H and O–H groups in total. The lowest BCUT2D eigenvalue weighted by Gasteiger charge is -2.10. The van der Waals surface area contributed by atoms with Gasteiger partial charge in [0.1, 0.15) is 11.5 Å². The number of carbonyl (C=O) groups is 1. The number of para-hydroxylation sites is 1. The van der Waals surface area contributed by atoms with E-state index in [0.717, 1.165) is 16.9 Å². The van der Waals surface area contributed by atoms with E-state index in [1.165, 1.54) is 0 Å². The molecule has 0 amide bonds. The van der Waals surface area contributed by atoms with Crippen LogP contribution in [-0.2, 0) is 0 Å². The van der Waals surface area contributed by atoms with Crippen LogP contribution in [0.4, 0.5) is 0 Å². The number of hydrogen-bond donors (Lipinski definition) is 0. The highest BCUT2D eigenvalue weighted by Crippen LogP contribution is 2.30. The topological polar surface area (TPSA) is 63.0 Å². The molecule has 4 nitrogen and oxygen atoms in total. The molecule has 3 aromatic carbocycles. The lowest BCUT2D eigenvalue weighted by molar-refractivity contribution is 0.108. The van der Waals surface area contributed by atoms with Crippen molar-refractivity contribution in [2.75, 3.05) is 0 Å². The summed E-state index contributed by atoms with van der Waals surface area (Å²) in [5, 5.41) is 8.56. The highest BCUT2D eigenvalue weighted by molar-refractivity contribution is 6.68. The number of rotatable bonds is 5. The molecule has 5 heteroatoms. The molecule has 1 heterocycles. The SMILES string of the molecule is N#Cc1cccc(-c2ccc(C(=O)Cl)c(-c3ccc(Oc4ccccc4)cc3)n2)c1. The van der Waals surface area contributed by atoms with Crippen molar-refractivity contribution in [1.82, 2.24) is 4.98 Å².